The Kier molecular flexibility index (Phi) is 1.71. The number of aryl methyl sites for hydroxylation is 2. The Balaban J connectivity index is 2.18. The van der Waals surface area contributed by atoms with Crippen LogP contribution in [0.1, 0.15) is 11.4 Å². The summed E-state index contributed by atoms with van der Waals surface area (Å²) >= 11 is 0. The first kappa shape index (κ1) is 8.40. The van der Waals surface area contributed by atoms with E-state index in [0.29, 0.717) is 0 Å². The molecule has 1 aromatic carbocycles. The molecule has 0 aliphatic carbocycles. The van der Waals surface area contributed by atoms with Crippen molar-refractivity contribution in [2.75, 3.05) is 7.11 Å². The topological polar surface area (TPSA) is 52.8 Å². The van der Waals surface area contributed by atoms with Crippen molar-refractivity contribution in [2.45, 2.75) is 12.8 Å². The third kappa shape index (κ3) is 1.20. The molecule has 0 unspecified atom stereocenters. The highest BCUT2D eigenvalue weighted by Gasteiger charge is 2.18. The molecule has 15 heavy (non-hydrogen) atoms. The number of tetrazole rings is 1. The van der Waals surface area contributed by atoms with Gasteiger partial charge in [0.05, 0.1) is 12.8 Å². The number of methoxy groups -OCH3 is 1. The maximum Gasteiger partial charge on any atom is 0.157 e. The summed E-state index contributed by atoms with van der Waals surface area (Å²) in [6, 6.07) is 5.96. The van der Waals surface area contributed by atoms with Gasteiger partial charge < -0.3 is 4.74 Å². The predicted octanol–water partition coefficient (Wildman–Crippen LogP) is 0.770. The number of fused-ring (bicyclic) bond motifs is 3. The van der Waals surface area contributed by atoms with Crippen molar-refractivity contribution in [1.29, 1.82) is 0 Å². The van der Waals surface area contributed by atoms with Gasteiger partial charge in [-0.3, -0.25) is 0 Å². The number of hydrogen-bond donors (Lipinski definition) is 0. The maximum atomic E-state index is 5.19. The smallest absolute Gasteiger partial charge is 0.157 e. The molecular weight excluding hydrogens is 192 g/mol. The number of nitrogens with zero attached hydrogens (tertiary/aromatic N) is 4. The molecular formula is C10H10N4O. The molecule has 0 saturated carbocycles. The minimum Gasteiger partial charge on any atom is -0.497 e. The number of aromatic nitrogens is 4. The van der Waals surface area contributed by atoms with Crippen LogP contribution in [-0.4, -0.2) is 27.3 Å². The van der Waals surface area contributed by atoms with Crippen molar-refractivity contribution in [3.8, 4) is 11.4 Å². The van der Waals surface area contributed by atoms with E-state index in [4.69, 9.17) is 4.74 Å². The van der Waals surface area contributed by atoms with Gasteiger partial charge in [0.15, 0.2) is 5.82 Å². The van der Waals surface area contributed by atoms with Crippen molar-refractivity contribution in [3.63, 3.8) is 0 Å². The highest BCUT2D eigenvalue weighted by molar-refractivity contribution is 5.47. The van der Waals surface area contributed by atoms with Crippen molar-refractivity contribution in [1.82, 2.24) is 20.2 Å². The minimum absolute atomic E-state index is 0.880. The molecule has 0 amide bonds. The summed E-state index contributed by atoms with van der Waals surface area (Å²) in [5.41, 5.74) is 2.29. The van der Waals surface area contributed by atoms with Gasteiger partial charge >= 0.3 is 0 Å². The Morgan fingerprint density at radius 3 is 3.13 bits per heavy atom. The van der Waals surface area contributed by atoms with E-state index in [9.17, 15) is 0 Å². The second kappa shape index (κ2) is 3.05. The molecule has 0 bridgehead atoms. The number of hydrogen-bond acceptors (Lipinski definition) is 4. The van der Waals surface area contributed by atoms with Gasteiger partial charge in [-0.05, 0) is 40.6 Å². The molecule has 0 fully saturated rings. The first-order valence-electron chi connectivity index (χ1n) is 4.83. The third-order valence-electron chi connectivity index (χ3n) is 2.67. The molecule has 2 aromatic rings. The Bertz CT molecular complexity index is 506. The van der Waals surface area contributed by atoms with Gasteiger partial charge in [-0.1, -0.05) is 0 Å². The second-order valence-electron chi connectivity index (χ2n) is 3.50. The zero-order valence-corrected chi connectivity index (χ0v) is 8.34. The van der Waals surface area contributed by atoms with Crippen molar-refractivity contribution < 1.29 is 4.74 Å². The normalized spacial score (nSPS) is 13.1. The van der Waals surface area contributed by atoms with Gasteiger partial charge in [-0.2, -0.15) is 4.68 Å². The molecule has 1 aliphatic rings. The fourth-order valence-electron chi connectivity index (χ4n) is 1.89. The Morgan fingerprint density at radius 1 is 1.33 bits per heavy atom. The molecule has 76 valence electrons. The van der Waals surface area contributed by atoms with Crippen LogP contribution in [-0.2, 0) is 12.8 Å². The van der Waals surface area contributed by atoms with Crippen LogP contribution in [0.3, 0.4) is 0 Å². The van der Waals surface area contributed by atoms with Gasteiger partial charge in [-0.15, -0.1) is 5.10 Å². The fourth-order valence-corrected chi connectivity index (χ4v) is 1.89. The molecule has 5 nitrogen and oxygen atoms in total. The molecule has 0 radical (unpaired) electrons. The summed E-state index contributed by atoms with van der Waals surface area (Å²) in [7, 11) is 1.67. The second-order valence-corrected chi connectivity index (χ2v) is 3.50. The predicted molar refractivity (Wildman–Crippen MR) is 53.1 cm³/mol. The van der Waals surface area contributed by atoms with E-state index in [-0.39, 0.29) is 0 Å². The number of ether oxygens (including phenoxy) is 1. The molecule has 5 heteroatoms. The summed E-state index contributed by atoms with van der Waals surface area (Å²) in [6.07, 6.45) is 1.85. The van der Waals surface area contributed by atoms with Crippen LogP contribution in [0.2, 0.25) is 0 Å². The zero-order chi connectivity index (χ0) is 10.3. The fraction of sp³-hybridized carbons (Fsp3) is 0.300. The highest BCUT2D eigenvalue weighted by atomic mass is 16.5. The Labute approximate surface area is 86.7 Å². The van der Waals surface area contributed by atoms with Crippen LogP contribution < -0.4 is 4.74 Å². The lowest BCUT2D eigenvalue weighted by molar-refractivity contribution is 0.414. The van der Waals surface area contributed by atoms with Crippen molar-refractivity contribution >= 4 is 0 Å². The van der Waals surface area contributed by atoms with Gasteiger partial charge in [0.2, 0.25) is 0 Å². The van der Waals surface area contributed by atoms with Gasteiger partial charge in [0.25, 0.3) is 0 Å². The Hall–Kier alpha value is -1.91. The van der Waals surface area contributed by atoms with E-state index in [1.165, 1.54) is 5.56 Å². The van der Waals surface area contributed by atoms with E-state index in [2.05, 4.69) is 15.5 Å². The summed E-state index contributed by atoms with van der Waals surface area (Å²) in [6.45, 7) is 0. The van der Waals surface area contributed by atoms with E-state index >= 15 is 0 Å². The lowest BCUT2D eigenvalue weighted by Gasteiger charge is -2.16. The number of benzene rings is 1. The third-order valence-corrected chi connectivity index (χ3v) is 2.67. The van der Waals surface area contributed by atoms with Crippen LogP contribution in [0.15, 0.2) is 18.2 Å². The molecule has 1 aromatic heterocycles. The summed E-state index contributed by atoms with van der Waals surface area (Å²) < 4.78 is 6.98. The van der Waals surface area contributed by atoms with Gasteiger partial charge in [-0.25, -0.2) is 0 Å². The summed E-state index contributed by atoms with van der Waals surface area (Å²) in [4.78, 5) is 0. The average Bonchev–Trinajstić information content (AvgIpc) is 2.76. The molecule has 0 atom stereocenters. The van der Waals surface area contributed by atoms with Crippen LogP contribution in [0.5, 0.6) is 5.75 Å². The summed E-state index contributed by atoms with van der Waals surface area (Å²) in [5.74, 6) is 1.80. The molecule has 3 rings (SSSR count). The SMILES string of the molecule is COc1ccc2c(c1)CCc1nnnn1-2. The zero-order valence-electron chi connectivity index (χ0n) is 8.34. The standard InChI is InChI=1S/C10H10N4O/c1-15-8-3-4-9-7(6-8)2-5-10-11-12-13-14(9)10/h3-4,6H,2,5H2,1H3. The van der Waals surface area contributed by atoms with E-state index in [1.807, 2.05) is 18.2 Å². The quantitative estimate of drug-likeness (QED) is 0.685. The van der Waals surface area contributed by atoms with Crippen LogP contribution in [0.4, 0.5) is 0 Å². The molecule has 2 heterocycles. The van der Waals surface area contributed by atoms with Gasteiger partial charge in [0, 0.05) is 6.42 Å². The monoisotopic (exact) mass is 202 g/mol. The molecule has 0 N–H and O–H groups in total. The van der Waals surface area contributed by atoms with Crippen LogP contribution in [0.25, 0.3) is 5.69 Å². The average molecular weight is 202 g/mol. The number of rotatable bonds is 1. The molecule has 1 aliphatic heterocycles. The van der Waals surface area contributed by atoms with Crippen LogP contribution in [0, 0.1) is 0 Å². The van der Waals surface area contributed by atoms with Gasteiger partial charge in [0.1, 0.15) is 5.75 Å². The lowest BCUT2D eigenvalue weighted by atomic mass is 10.0. The summed E-state index contributed by atoms with van der Waals surface area (Å²) in [5, 5.41) is 11.6. The molecule has 0 saturated heterocycles. The van der Waals surface area contributed by atoms with Crippen molar-refractivity contribution in [3.05, 3.63) is 29.6 Å². The Morgan fingerprint density at radius 2 is 2.27 bits per heavy atom. The maximum absolute atomic E-state index is 5.19. The lowest BCUT2D eigenvalue weighted by Crippen LogP contribution is -2.13. The largest absolute Gasteiger partial charge is 0.497 e. The first-order chi connectivity index (χ1) is 7.38. The first-order valence-corrected chi connectivity index (χ1v) is 4.83. The minimum atomic E-state index is 0.880. The molecule has 0 spiro atoms. The van der Waals surface area contributed by atoms with E-state index < -0.39 is 0 Å². The van der Waals surface area contributed by atoms with Crippen molar-refractivity contribution in [2.24, 2.45) is 0 Å². The van der Waals surface area contributed by atoms with E-state index in [0.717, 1.165) is 30.1 Å². The van der Waals surface area contributed by atoms with E-state index in [1.54, 1.807) is 11.8 Å². The van der Waals surface area contributed by atoms with Crippen LogP contribution >= 0.6 is 0 Å². The highest BCUT2D eigenvalue weighted by Crippen LogP contribution is 2.25.